The summed E-state index contributed by atoms with van der Waals surface area (Å²) in [6, 6.07) is 1.94. The van der Waals surface area contributed by atoms with Crippen LogP contribution in [0.25, 0.3) is 11.0 Å². The van der Waals surface area contributed by atoms with Crippen LogP contribution in [-0.4, -0.2) is 19.5 Å². The Bertz CT molecular complexity index is 708. The lowest BCUT2D eigenvalue weighted by molar-refractivity contribution is 0.478. The minimum absolute atomic E-state index is 0.497. The molecule has 3 heterocycles. The molecule has 0 bridgehead atoms. The van der Waals surface area contributed by atoms with Crippen LogP contribution < -0.4 is 5.32 Å². The van der Waals surface area contributed by atoms with Crippen molar-refractivity contribution in [3.05, 3.63) is 35.9 Å². The van der Waals surface area contributed by atoms with Crippen LogP contribution in [0.15, 0.2) is 23.0 Å². The quantitative estimate of drug-likeness (QED) is 0.778. The normalized spacial score (nSPS) is 11.1. The van der Waals surface area contributed by atoms with Crippen molar-refractivity contribution in [2.45, 2.75) is 20.4 Å². The van der Waals surface area contributed by atoms with Crippen LogP contribution in [0.3, 0.4) is 0 Å². The van der Waals surface area contributed by atoms with Crippen molar-refractivity contribution in [3.8, 4) is 0 Å². The van der Waals surface area contributed by atoms with E-state index in [1.807, 2.05) is 31.5 Å². The number of hydrogen-bond donors (Lipinski definition) is 1. The van der Waals surface area contributed by atoms with E-state index in [2.05, 4.69) is 20.3 Å². The van der Waals surface area contributed by atoms with E-state index in [9.17, 15) is 0 Å². The zero-order valence-electron chi connectivity index (χ0n) is 11.1. The van der Waals surface area contributed by atoms with Crippen LogP contribution >= 0.6 is 0 Å². The predicted molar refractivity (Wildman–Crippen MR) is 71.8 cm³/mol. The van der Waals surface area contributed by atoms with Gasteiger partial charge < -0.3 is 14.3 Å². The van der Waals surface area contributed by atoms with E-state index >= 15 is 0 Å². The van der Waals surface area contributed by atoms with E-state index in [-0.39, 0.29) is 0 Å². The van der Waals surface area contributed by atoms with Gasteiger partial charge in [-0.05, 0) is 19.9 Å². The number of anilines is 1. The zero-order valence-corrected chi connectivity index (χ0v) is 11.1. The minimum atomic E-state index is 0.497. The summed E-state index contributed by atoms with van der Waals surface area (Å²) in [5.74, 6) is 2.25. The molecule has 98 valence electrons. The first kappa shape index (κ1) is 11.7. The molecule has 3 rings (SSSR count). The van der Waals surface area contributed by atoms with Crippen LogP contribution in [0.2, 0.25) is 0 Å². The fraction of sp³-hybridized carbons (Fsp3) is 0.308. The lowest BCUT2D eigenvalue weighted by Crippen LogP contribution is -2.02. The van der Waals surface area contributed by atoms with Gasteiger partial charge in [-0.25, -0.2) is 15.0 Å². The Hall–Kier alpha value is -2.37. The van der Waals surface area contributed by atoms with Gasteiger partial charge in [-0.1, -0.05) is 0 Å². The summed E-state index contributed by atoms with van der Waals surface area (Å²) in [6.07, 6.45) is 3.54. The van der Waals surface area contributed by atoms with E-state index < -0.39 is 0 Å². The molecule has 0 aliphatic heterocycles. The molecule has 1 N–H and O–H groups in total. The first-order valence-corrected chi connectivity index (χ1v) is 6.08. The first-order chi connectivity index (χ1) is 9.15. The number of pyridine rings is 1. The van der Waals surface area contributed by atoms with Crippen molar-refractivity contribution < 1.29 is 4.42 Å². The Morgan fingerprint density at radius 2 is 2.16 bits per heavy atom. The number of fused-ring (bicyclic) bond motifs is 1. The second-order valence-corrected chi connectivity index (χ2v) is 4.49. The Balaban J connectivity index is 1.85. The van der Waals surface area contributed by atoms with E-state index in [1.54, 1.807) is 12.5 Å². The number of aromatic nitrogens is 4. The SMILES string of the molecule is Cc1nc(CNc2nccc3c2ncn3C)oc1C. The van der Waals surface area contributed by atoms with E-state index in [0.29, 0.717) is 12.4 Å². The van der Waals surface area contributed by atoms with E-state index in [4.69, 9.17) is 4.42 Å². The van der Waals surface area contributed by atoms with Gasteiger partial charge in [-0.2, -0.15) is 0 Å². The maximum Gasteiger partial charge on any atom is 0.213 e. The highest BCUT2D eigenvalue weighted by molar-refractivity contribution is 5.85. The molecule has 0 saturated heterocycles. The molecule has 0 aromatic carbocycles. The Morgan fingerprint density at radius 3 is 2.89 bits per heavy atom. The average molecular weight is 257 g/mol. The molecule has 0 unspecified atom stereocenters. The molecule has 0 fully saturated rings. The smallest absolute Gasteiger partial charge is 0.213 e. The predicted octanol–water partition coefficient (Wildman–Crippen LogP) is 2.19. The topological polar surface area (TPSA) is 68.8 Å². The van der Waals surface area contributed by atoms with Gasteiger partial charge in [0, 0.05) is 13.2 Å². The number of nitrogens with zero attached hydrogens (tertiary/aromatic N) is 4. The van der Waals surface area contributed by atoms with Crippen molar-refractivity contribution in [3.63, 3.8) is 0 Å². The van der Waals surface area contributed by atoms with Gasteiger partial charge >= 0.3 is 0 Å². The number of nitrogens with one attached hydrogen (secondary N) is 1. The number of imidazole rings is 1. The fourth-order valence-electron chi connectivity index (χ4n) is 1.97. The number of aryl methyl sites for hydroxylation is 3. The number of oxazole rings is 1. The molecule has 3 aromatic rings. The second kappa shape index (κ2) is 4.38. The van der Waals surface area contributed by atoms with Crippen molar-refractivity contribution in [1.29, 1.82) is 0 Å². The van der Waals surface area contributed by atoms with Gasteiger partial charge in [-0.15, -0.1) is 0 Å². The molecule has 0 radical (unpaired) electrons. The van der Waals surface area contributed by atoms with Gasteiger partial charge in [-0.3, -0.25) is 0 Å². The maximum absolute atomic E-state index is 5.53. The summed E-state index contributed by atoms with van der Waals surface area (Å²) in [5, 5.41) is 3.21. The van der Waals surface area contributed by atoms with Crippen LogP contribution in [0.1, 0.15) is 17.3 Å². The van der Waals surface area contributed by atoms with Crippen LogP contribution in [0, 0.1) is 13.8 Å². The minimum Gasteiger partial charge on any atom is -0.444 e. The molecule has 0 aliphatic carbocycles. The third kappa shape index (κ3) is 2.05. The number of hydrogen-bond acceptors (Lipinski definition) is 5. The third-order valence-electron chi connectivity index (χ3n) is 3.12. The third-order valence-corrected chi connectivity index (χ3v) is 3.12. The second-order valence-electron chi connectivity index (χ2n) is 4.49. The highest BCUT2D eigenvalue weighted by Crippen LogP contribution is 2.19. The molecular formula is C13H15N5O. The first-order valence-electron chi connectivity index (χ1n) is 6.08. The summed E-state index contributed by atoms with van der Waals surface area (Å²) >= 11 is 0. The average Bonchev–Trinajstić information content (AvgIpc) is 2.92. The van der Waals surface area contributed by atoms with Crippen LogP contribution in [0.5, 0.6) is 0 Å². The lowest BCUT2D eigenvalue weighted by Gasteiger charge is -2.03. The molecule has 19 heavy (non-hydrogen) atoms. The molecule has 0 saturated carbocycles. The molecule has 6 nitrogen and oxygen atoms in total. The summed E-state index contributed by atoms with van der Waals surface area (Å²) in [5.41, 5.74) is 2.81. The summed E-state index contributed by atoms with van der Waals surface area (Å²) in [7, 11) is 1.96. The van der Waals surface area contributed by atoms with Gasteiger partial charge in [0.1, 0.15) is 11.3 Å². The van der Waals surface area contributed by atoms with Gasteiger partial charge in [0.05, 0.1) is 24.1 Å². The van der Waals surface area contributed by atoms with Gasteiger partial charge in [0.2, 0.25) is 5.89 Å². The Morgan fingerprint density at radius 1 is 1.32 bits per heavy atom. The van der Waals surface area contributed by atoms with Gasteiger partial charge in [0.15, 0.2) is 5.82 Å². The van der Waals surface area contributed by atoms with Crippen molar-refractivity contribution in [2.75, 3.05) is 5.32 Å². The molecule has 6 heteroatoms. The van der Waals surface area contributed by atoms with Gasteiger partial charge in [0.25, 0.3) is 0 Å². The zero-order chi connectivity index (χ0) is 13.4. The highest BCUT2D eigenvalue weighted by Gasteiger charge is 2.09. The maximum atomic E-state index is 5.53. The Kier molecular flexibility index (Phi) is 2.70. The molecule has 3 aromatic heterocycles. The molecule has 0 aliphatic rings. The molecular weight excluding hydrogens is 242 g/mol. The van der Waals surface area contributed by atoms with Crippen LogP contribution in [0.4, 0.5) is 5.82 Å². The highest BCUT2D eigenvalue weighted by atomic mass is 16.4. The summed E-state index contributed by atoms with van der Waals surface area (Å²) in [4.78, 5) is 13.0. The molecule has 0 amide bonds. The van der Waals surface area contributed by atoms with Crippen LogP contribution in [-0.2, 0) is 13.6 Å². The standard InChI is InChI=1S/C13H15N5O/c1-8-9(2)19-11(17-8)6-15-13-12-10(4-5-14-13)18(3)7-16-12/h4-5,7H,6H2,1-3H3,(H,14,15). The van der Waals surface area contributed by atoms with Crippen molar-refractivity contribution >= 4 is 16.9 Å². The monoisotopic (exact) mass is 257 g/mol. The summed E-state index contributed by atoms with van der Waals surface area (Å²) in [6.45, 7) is 4.33. The Labute approximate surface area is 110 Å². The van der Waals surface area contributed by atoms with E-state index in [0.717, 1.165) is 28.3 Å². The van der Waals surface area contributed by atoms with E-state index in [1.165, 1.54) is 0 Å². The summed E-state index contributed by atoms with van der Waals surface area (Å²) < 4.78 is 7.49. The lowest BCUT2D eigenvalue weighted by atomic mass is 10.3. The number of rotatable bonds is 3. The molecule has 0 atom stereocenters. The molecule has 0 spiro atoms. The largest absolute Gasteiger partial charge is 0.444 e. The van der Waals surface area contributed by atoms with Crippen molar-refractivity contribution in [1.82, 2.24) is 19.5 Å². The van der Waals surface area contributed by atoms with Crippen molar-refractivity contribution in [2.24, 2.45) is 7.05 Å². The fourth-order valence-corrected chi connectivity index (χ4v) is 1.97.